The van der Waals surface area contributed by atoms with Gasteiger partial charge < -0.3 is 10.6 Å². The maximum Gasteiger partial charge on any atom is 0.0435 e. The van der Waals surface area contributed by atoms with E-state index in [9.17, 15) is 0 Å². The first-order valence-electron chi connectivity index (χ1n) is 2.97. The molecular weight excluding hydrogens is 100 g/mol. The summed E-state index contributed by atoms with van der Waals surface area (Å²) in [6.45, 7) is 8.00. The second-order valence-corrected chi connectivity index (χ2v) is 2.13. The lowest BCUT2D eigenvalue weighted by atomic mass is 10.2. The zero-order valence-corrected chi connectivity index (χ0v) is 5.20. The highest BCUT2D eigenvalue weighted by Crippen LogP contribution is 1.95. The SMILES string of the molecule is C=C1NCCNC1C. The molecule has 0 aromatic heterocycles. The van der Waals surface area contributed by atoms with E-state index in [1.54, 1.807) is 0 Å². The molecule has 0 radical (unpaired) electrons. The first-order chi connectivity index (χ1) is 3.80. The molecule has 1 saturated heterocycles. The molecule has 1 rings (SSSR count). The van der Waals surface area contributed by atoms with Crippen LogP contribution in [-0.2, 0) is 0 Å². The normalized spacial score (nSPS) is 29.6. The lowest BCUT2D eigenvalue weighted by molar-refractivity contribution is 0.508. The number of piperazine rings is 1. The van der Waals surface area contributed by atoms with E-state index < -0.39 is 0 Å². The zero-order valence-electron chi connectivity index (χ0n) is 5.20. The van der Waals surface area contributed by atoms with Crippen LogP contribution in [0.3, 0.4) is 0 Å². The van der Waals surface area contributed by atoms with Gasteiger partial charge in [-0.3, -0.25) is 0 Å². The Morgan fingerprint density at radius 2 is 2.38 bits per heavy atom. The van der Waals surface area contributed by atoms with Crippen molar-refractivity contribution in [2.24, 2.45) is 0 Å². The molecule has 1 aliphatic heterocycles. The second kappa shape index (κ2) is 2.18. The molecule has 0 aromatic carbocycles. The van der Waals surface area contributed by atoms with Gasteiger partial charge in [0, 0.05) is 24.8 Å². The Morgan fingerprint density at radius 1 is 1.62 bits per heavy atom. The quantitative estimate of drug-likeness (QED) is 0.464. The van der Waals surface area contributed by atoms with E-state index in [1.165, 1.54) is 0 Å². The molecule has 8 heavy (non-hydrogen) atoms. The standard InChI is InChI=1S/C6H12N2/c1-5-6(2)8-4-3-7-5/h6-8H,1,3-4H2,2H3. The van der Waals surface area contributed by atoms with Crippen molar-refractivity contribution < 1.29 is 0 Å². The molecule has 46 valence electrons. The summed E-state index contributed by atoms with van der Waals surface area (Å²) in [4.78, 5) is 0. The Balaban J connectivity index is 2.39. The Kier molecular flexibility index (Phi) is 1.53. The average molecular weight is 112 g/mol. The van der Waals surface area contributed by atoms with Crippen molar-refractivity contribution in [1.29, 1.82) is 0 Å². The van der Waals surface area contributed by atoms with Crippen molar-refractivity contribution >= 4 is 0 Å². The van der Waals surface area contributed by atoms with Gasteiger partial charge in [0.25, 0.3) is 0 Å². The minimum Gasteiger partial charge on any atom is -0.386 e. The molecule has 1 atom stereocenters. The largest absolute Gasteiger partial charge is 0.386 e. The highest BCUT2D eigenvalue weighted by Gasteiger charge is 2.08. The maximum atomic E-state index is 3.82. The van der Waals surface area contributed by atoms with Gasteiger partial charge in [0.1, 0.15) is 0 Å². The molecule has 2 nitrogen and oxygen atoms in total. The van der Waals surface area contributed by atoms with Gasteiger partial charge in [-0.25, -0.2) is 0 Å². The summed E-state index contributed by atoms with van der Waals surface area (Å²) in [6, 6.07) is 0.448. The maximum absolute atomic E-state index is 3.82. The molecule has 2 heteroatoms. The smallest absolute Gasteiger partial charge is 0.0435 e. The van der Waals surface area contributed by atoms with Crippen molar-refractivity contribution in [3.8, 4) is 0 Å². The molecule has 1 unspecified atom stereocenters. The molecule has 0 aromatic rings. The molecule has 1 fully saturated rings. The van der Waals surface area contributed by atoms with Crippen LogP contribution in [0.25, 0.3) is 0 Å². The summed E-state index contributed by atoms with van der Waals surface area (Å²) in [7, 11) is 0. The summed E-state index contributed by atoms with van der Waals surface area (Å²) < 4.78 is 0. The molecule has 0 amide bonds. The monoisotopic (exact) mass is 112 g/mol. The molecular formula is C6H12N2. The molecule has 0 aliphatic carbocycles. The highest BCUT2D eigenvalue weighted by molar-refractivity contribution is 5.03. The fraction of sp³-hybridized carbons (Fsp3) is 0.667. The van der Waals surface area contributed by atoms with Crippen LogP contribution in [-0.4, -0.2) is 19.1 Å². The van der Waals surface area contributed by atoms with Crippen molar-refractivity contribution in [3.05, 3.63) is 12.3 Å². The van der Waals surface area contributed by atoms with Crippen LogP contribution in [0.5, 0.6) is 0 Å². The minimum atomic E-state index is 0.448. The van der Waals surface area contributed by atoms with Crippen molar-refractivity contribution in [3.63, 3.8) is 0 Å². The summed E-state index contributed by atoms with van der Waals surface area (Å²) in [5.41, 5.74) is 1.11. The summed E-state index contributed by atoms with van der Waals surface area (Å²) in [5.74, 6) is 0. The predicted octanol–water partition coefficient (Wildman–Crippen LogP) is 0.0814. The van der Waals surface area contributed by atoms with Gasteiger partial charge in [0.15, 0.2) is 0 Å². The third-order valence-corrected chi connectivity index (χ3v) is 1.45. The van der Waals surface area contributed by atoms with E-state index in [1.807, 2.05) is 0 Å². The first-order valence-corrected chi connectivity index (χ1v) is 2.97. The Labute approximate surface area is 50.0 Å². The van der Waals surface area contributed by atoms with Crippen LogP contribution in [0, 0.1) is 0 Å². The Morgan fingerprint density at radius 3 is 2.75 bits per heavy atom. The zero-order chi connectivity index (χ0) is 5.98. The van der Waals surface area contributed by atoms with Gasteiger partial charge in [0.05, 0.1) is 0 Å². The number of hydrogen-bond donors (Lipinski definition) is 2. The van der Waals surface area contributed by atoms with Crippen molar-refractivity contribution in [2.75, 3.05) is 13.1 Å². The topological polar surface area (TPSA) is 24.1 Å². The van der Waals surface area contributed by atoms with Crippen LogP contribution in [0.2, 0.25) is 0 Å². The summed E-state index contributed by atoms with van der Waals surface area (Å²) in [5, 5.41) is 6.44. The van der Waals surface area contributed by atoms with E-state index in [0.717, 1.165) is 18.8 Å². The molecule has 0 spiro atoms. The number of rotatable bonds is 0. The second-order valence-electron chi connectivity index (χ2n) is 2.13. The predicted molar refractivity (Wildman–Crippen MR) is 34.6 cm³/mol. The van der Waals surface area contributed by atoms with Gasteiger partial charge in [-0.05, 0) is 6.92 Å². The van der Waals surface area contributed by atoms with Crippen LogP contribution in [0.15, 0.2) is 12.3 Å². The lowest BCUT2D eigenvalue weighted by Crippen LogP contribution is -2.44. The highest BCUT2D eigenvalue weighted by atomic mass is 15.1. The van der Waals surface area contributed by atoms with Gasteiger partial charge in [-0.1, -0.05) is 6.58 Å². The minimum absolute atomic E-state index is 0.448. The molecule has 1 aliphatic rings. The van der Waals surface area contributed by atoms with Crippen molar-refractivity contribution in [2.45, 2.75) is 13.0 Å². The fourth-order valence-corrected chi connectivity index (χ4v) is 0.788. The number of hydrogen-bond acceptors (Lipinski definition) is 2. The summed E-state index contributed by atoms with van der Waals surface area (Å²) >= 11 is 0. The Hall–Kier alpha value is -0.500. The lowest BCUT2D eigenvalue weighted by Gasteiger charge is -2.23. The van der Waals surface area contributed by atoms with Gasteiger partial charge in [0.2, 0.25) is 0 Å². The van der Waals surface area contributed by atoms with Crippen molar-refractivity contribution in [1.82, 2.24) is 10.6 Å². The van der Waals surface area contributed by atoms with Gasteiger partial charge in [-0.2, -0.15) is 0 Å². The van der Waals surface area contributed by atoms with Crippen LogP contribution in [0.4, 0.5) is 0 Å². The number of nitrogens with one attached hydrogen (secondary N) is 2. The third kappa shape index (κ3) is 1.01. The molecule has 1 heterocycles. The van der Waals surface area contributed by atoms with E-state index in [-0.39, 0.29) is 0 Å². The molecule has 0 saturated carbocycles. The van der Waals surface area contributed by atoms with Crippen LogP contribution >= 0.6 is 0 Å². The Bertz CT molecular complexity index is 98.7. The van der Waals surface area contributed by atoms with E-state index in [2.05, 4.69) is 24.1 Å². The van der Waals surface area contributed by atoms with Crippen LogP contribution in [0.1, 0.15) is 6.92 Å². The molecule has 2 N–H and O–H groups in total. The summed E-state index contributed by atoms with van der Waals surface area (Å²) in [6.07, 6.45) is 0. The van der Waals surface area contributed by atoms with E-state index >= 15 is 0 Å². The molecule has 0 bridgehead atoms. The first kappa shape index (κ1) is 5.63. The van der Waals surface area contributed by atoms with E-state index in [0.29, 0.717) is 6.04 Å². The van der Waals surface area contributed by atoms with E-state index in [4.69, 9.17) is 0 Å². The average Bonchev–Trinajstić information content (AvgIpc) is 1.77. The van der Waals surface area contributed by atoms with Gasteiger partial charge in [-0.15, -0.1) is 0 Å². The fourth-order valence-electron chi connectivity index (χ4n) is 0.788. The third-order valence-electron chi connectivity index (χ3n) is 1.45. The van der Waals surface area contributed by atoms with Crippen LogP contribution < -0.4 is 10.6 Å². The van der Waals surface area contributed by atoms with Gasteiger partial charge >= 0.3 is 0 Å².